The Labute approximate surface area is 102 Å². The summed E-state index contributed by atoms with van der Waals surface area (Å²) >= 11 is 0. The van der Waals surface area contributed by atoms with Crippen molar-refractivity contribution in [3.8, 4) is 0 Å². The summed E-state index contributed by atoms with van der Waals surface area (Å²) < 4.78 is 0. The summed E-state index contributed by atoms with van der Waals surface area (Å²) in [6.07, 6.45) is 2.72. The SMILES string of the molecule is Cc1cccc(CCNc2ccnc(N)c2)c1. The highest BCUT2D eigenvalue weighted by Crippen LogP contribution is 2.10. The summed E-state index contributed by atoms with van der Waals surface area (Å²) in [4.78, 5) is 3.96. The molecule has 0 atom stereocenters. The number of nitrogens with zero attached hydrogens (tertiary/aromatic N) is 1. The third kappa shape index (κ3) is 3.48. The van der Waals surface area contributed by atoms with E-state index in [4.69, 9.17) is 5.73 Å². The molecule has 3 N–H and O–H groups in total. The van der Waals surface area contributed by atoms with Gasteiger partial charge < -0.3 is 11.1 Å². The van der Waals surface area contributed by atoms with Crippen molar-refractivity contribution in [3.63, 3.8) is 0 Å². The zero-order chi connectivity index (χ0) is 12.1. The number of hydrogen-bond donors (Lipinski definition) is 2. The van der Waals surface area contributed by atoms with Gasteiger partial charge in [-0.2, -0.15) is 0 Å². The van der Waals surface area contributed by atoms with Gasteiger partial charge in [-0.1, -0.05) is 29.8 Å². The van der Waals surface area contributed by atoms with Crippen LogP contribution in [0.15, 0.2) is 42.6 Å². The number of aryl methyl sites for hydroxylation is 1. The van der Waals surface area contributed by atoms with Gasteiger partial charge in [0.05, 0.1) is 0 Å². The Morgan fingerprint density at radius 1 is 1.24 bits per heavy atom. The second kappa shape index (κ2) is 5.34. The van der Waals surface area contributed by atoms with Crippen LogP contribution in [0.3, 0.4) is 0 Å². The molecule has 0 aliphatic rings. The molecule has 1 aromatic heterocycles. The van der Waals surface area contributed by atoms with Crippen LogP contribution in [-0.4, -0.2) is 11.5 Å². The number of anilines is 2. The van der Waals surface area contributed by atoms with Gasteiger partial charge in [-0.15, -0.1) is 0 Å². The molecule has 0 amide bonds. The molecule has 1 heterocycles. The summed E-state index contributed by atoms with van der Waals surface area (Å²) in [6, 6.07) is 12.3. The van der Waals surface area contributed by atoms with Crippen molar-refractivity contribution in [2.75, 3.05) is 17.6 Å². The molecule has 2 aromatic rings. The first kappa shape index (κ1) is 11.5. The van der Waals surface area contributed by atoms with Crippen molar-refractivity contribution in [2.24, 2.45) is 0 Å². The maximum absolute atomic E-state index is 5.61. The first-order chi connectivity index (χ1) is 8.24. The molecule has 2 rings (SSSR count). The van der Waals surface area contributed by atoms with Crippen molar-refractivity contribution in [1.29, 1.82) is 0 Å². The van der Waals surface area contributed by atoms with E-state index >= 15 is 0 Å². The highest BCUT2D eigenvalue weighted by molar-refractivity contribution is 5.49. The smallest absolute Gasteiger partial charge is 0.125 e. The van der Waals surface area contributed by atoms with Gasteiger partial charge in [0.15, 0.2) is 0 Å². The van der Waals surface area contributed by atoms with E-state index in [1.54, 1.807) is 6.20 Å². The molecule has 0 fully saturated rings. The minimum atomic E-state index is 0.547. The minimum Gasteiger partial charge on any atom is -0.385 e. The normalized spacial score (nSPS) is 10.2. The van der Waals surface area contributed by atoms with Gasteiger partial charge in [0, 0.05) is 24.5 Å². The van der Waals surface area contributed by atoms with E-state index in [2.05, 4.69) is 41.5 Å². The fourth-order valence-electron chi connectivity index (χ4n) is 1.78. The Hall–Kier alpha value is -2.03. The highest BCUT2D eigenvalue weighted by Gasteiger charge is 1.95. The lowest BCUT2D eigenvalue weighted by Crippen LogP contribution is -2.05. The average Bonchev–Trinajstić information content (AvgIpc) is 2.29. The molecule has 0 spiro atoms. The Bertz CT molecular complexity index is 449. The lowest BCUT2D eigenvalue weighted by Gasteiger charge is -2.07. The first-order valence-corrected chi connectivity index (χ1v) is 5.75. The maximum atomic E-state index is 5.61. The molecule has 0 radical (unpaired) electrons. The molecule has 0 saturated heterocycles. The lowest BCUT2D eigenvalue weighted by atomic mass is 10.1. The minimum absolute atomic E-state index is 0.547. The van der Waals surface area contributed by atoms with Gasteiger partial charge in [-0.05, 0) is 25.0 Å². The highest BCUT2D eigenvalue weighted by atomic mass is 14.9. The van der Waals surface area contributed by atoms with Crippen LogP contribution >= 0.6 is 0 Å². The maximum Gasteiger partial charge on any atom is 0.125 e. The van der Waals surface area contributed by atoms with Gasteiger partial charge >= 0.3 is 0 Å². The average molecular weight is 227 g/mol. The standard InChI is InChI=1S/C14H17N3/c1-11-3-2-4-12(9-11)5-7-16-13-6-8-17-14(15)10-13/h2-4,6,8-10H,5,7H2,1H3,(H3,15,16,17). The van der Waals surface area contributed by atoms with Crippen molar-refractivity contribution in [2.45, 2.75) is 13.3 Å². The molecule has 0 bridgehead atoms. The Balaban J connectivity index is 1.87. The topological polar surface area (TPSA) is 50.9 Å². The number of pyridine rings is 1. The van der Waals surface area contributed by atoms with E-state index in [0.717, 1.165) is 18.7 Å². The van der Waals surface area contributed by atoms with E-state index in [1.807, 2.05) is 12.1 Å². The first-order valence-electron chi connectivity index (χ1n) is 5.75. The van der Waals surface area contributed by atoms with Crippen LogP contribution in [0.4, 0.5) is 11.5 Å². The number of nitrogen functional groups attached to an aromatic ring is 1. The third-order valence-electron chi connectivity index (χ3n) is 2.61. The zero-order valence-corrected chi connectivity index (χ0v) is 9.98. The molecular weight excluding hydrogens is 210 g/mol. The number of nitrogens with one attached hydrogen (secondary N) is 1. The molecule has 3 nitrogen and oxygen atoms in total. The fourth-order valence-corrected chi connectivity index (χ4v) is 1.78. The molecule has 0 saturated carbocycles. The number of rotatable bonds is 4. The van der Waals surface area contributed by atoms with Crippen molar-refractivity contribution in [1.82, 2.24) is 4.98 Å². The predicted octanol–water partition coefficient (Wildman–Crippen LogP) is 2.63. The molecule has 88 valence electrons. The van der Waals surface area contributed by atoms with Crippen LogP contribution in [0.1, 0.15) is 11.1 Å². The predicted molar refractivity (Wildman–Crippen MR) is 72.0 cm³/mol. The molecular formula is C14H17N3. The van der Waals surface area contributed by atoms with E-state index in [1.165, 1.54) is 11.1 Å². The quantitative estimate of drug-likeness (QED) is 0.844. The molecule has 3 heteroatoms. The van der Waals surface area contributed by atoms with Crippen molar-refractivity contribution >= 4 is 11.5 Å². The second-order valence-electron chi connectivity index (χ2n) is 4.14. The lowest BCUT2D eigenvalue weighted by molar-refractivity contribution is 1.02. The molecule has 0 unspecified atom stereocenters. The summed E-state index contributed by atoms with van der Waals surface area (Å²) in [6.45, 7) is 3.01. The van der Waals surface area contributed by atoms with Gasteiger partial charge in [-0.25, -0.2) is 4.98 Å². The molecule has 0 aliphatic heterocycles. The van der Waals surface area contributed by atoms with Gasteiger partial charge in [-0.3, -0.25) is 0 Å². The molecule has 1 aromatic carbocycles. The monoisotopic (exact) mass is 227 g/mol. The van der Waals surface area contributed by atoms with E-state index in [9.17, 15) is 0 Å². The summed E-state index contributed by atoms with van der Waals surface area (Å²) in [5.74, 6) is 0.547. The number of hydrogen-bond acceptors (Lipinski definition) is 3. The van der Waals surface area contributed by atoms with Gasteiger partial charge in [0.1, 0.15) is 5.82 Å². The second-order valence-corrected chi connectivity index (χ2v) is 4.14. The van der Waals surface area contributed by atoms with Crippen LogP contribution in [0.2, 0.25) is 0 Å². The third-order valence-corrected chi connectivity index (χ3v) is 2.61. The van der Waals surface area contributed by atoms with Crippen molar-refractivity contribution < 1.29 is 0 Å². The number of aromatic nitrogens is 1. The van der Waals surface area contributed by atoms with Gasteiger partial charge in [0.2, 0.25) is 0 Å². The number of nitrogens with two attached hydrogens (primary N) is 1. The Morgan fingerprint density at radius 3 is 2.88 bits per heavy atom. The molecule has 17 heavy (non-hydrogen) atoms. The van der Waals surface area contributed by atoms with Crippen LogP contribution in [-0.2, 0) is 6.42 Å². The van der Waals surface area contributed by atoms with Crippen LogP contribution in [0.5, 0.6) is 0 Å². The Morgan fingerprint density at radius 2 is 2.12 bits per heavy atom. The zero-order valence-electron chi connectivity index (χ0n) is 9.98. The van der Waals surface area contributed by atoms with Crippen LogP contribution in [0.25, 0.3) is 0 Å². The Kier molecular flexibility index (Phi) is 3.60. The van der Waals surface area contributed by atoms with E-state index in [0.29, 0.717) is 5.82 Å². The van der Waals surface area contributed by atoms with E-state index in [-0.39, 0.29) is 0 Å². The van der Waals surface area contributed by atoms with Gasteiger partial charge in [0.25, 0.3) is 0 Å². The molecule has 0 aliphatic carbocycles. The van der Waals surface area contributed by atoms with Crippen molar-refractivity contribution in [3.05, 3.63) is 53.7 Å². The van der Waals surface area contributed by atoms with E-state index < -0.39 is 0 Å². The summed E-state index contributed by atoms with van der Waals surface area (Å²) in [5, 5.41) is 3.33. The largest absolute Gasteiger partial charge is 0.385 e. The number of benzene rings is 1. The summed E-state index contributed by atoms with van der Waals surface area (Å²) in [7, 11) is 0. The van der Waals surface area contributed by atoms with Crippen LogP contribution < -0.4 is 11.1 Å². The van der Waals surface area contributed by atoms with Crippen LogP contribution in [0, 0.1) is 6.92 Å². The fraction of sp³-hybridized carbons (Fsp3) is 0.214. The summed E-state index contributed by atoms with van der Waals surface area (Å²) in [5.41, 5.74) is 9.28.